The first-order valence-electron chi connectivity index (χ1n) is 7.28. The summed E-state index contributed by atoms with van der Waals surface area (Å²) in [6, 6.07) is 8.99. The van der Waals surface area contributed by atoms with Crippen LogP contribution in [0.4, 0.5) is 5.69 Å². The summed E-state index contributed by atoms with van der Waals surface area (Å²) in [6.45, 7) is 1.60. The van der Waals surface area contributed by atoms with E-state index in [2.05, 4.69) is 4.90 Å². The molecule has 0 radical (unpaired) electrons. The summed E-state index contributed by atoms with van der Waals surface area (Å²) in [7, 11) is 1.26. The lowest BCUT2D eigenvalue weighted by Crippen LogP contribution is -2.46. The number of anilines is 1. The monoisotopic (exact) mass is 304 g/mol. The van der Waals surface area contributed by atoms with Gasteiger partial charge in [0.15, 0.2) is 0 Å². The van der Waals surface area contributed by atoms with Crippen molar-refractivity contribution in [3.63, 3.8) is 0 Å². The first-order chi connectivity index (χ1) is 10.7. The van der Waals surface area contributed by atoms with Crippen molar-refractivity contribution in [1.29, 1.82) is 0 Å². The van der Waals surface area contributed by atoms with E-state index >= 15 is 0 Å². The zero-order valence-electron chi connectivity index (χ0n) is 12.6. The summed E-state index contributed by atoms with van der Waals surface area (Å²) in [5.41, 5.74) is 1.04. The Morgan fingerprint density at radius 1 is 1.27 bits per heavy atom. The fourth-order valence-corrected chi connectivity index (χ4v) is 2.64. The topological polar surface area (TPSA) is 66.9 Å². The summed E-state index contributed by atoms with van der Waals surface area (Å²) in [5.74, 6) is -0.677. The van der Waals surface area contributed by atoms with E-state index in [4.69, 9.17) is 4.74 Å². The maximum absolute atomic E-state index is 12.3. The molecule has 1 fully saturated rings. The highest BCUT2D eigenvalue weighted by Crippen LogP contribution is 2.18. The van der Waals surface area contributed by atoms with Crippen LogP contribution in [0.25, 0.3) is 0 Å². The predicted octanol–water partition coefficient (Wildman–Crippen LogP) is 0.856. The van der Waals surface area contributed by atoms with Gasteiger partial charge in [-0.3, -0.25) is 4.79 Å². The van der Waals surface area contributed by atoms with Gasteiger partial charge in [0, 0.05) is 38.2 Å². The zero-order chi connectivity index (χ0) is 15.9. The fourth-order valence-electron chi connectivity index (χ4n) is 2.64. The van der Waals surface area contributed by atoms with Gasteiger partial charge < -0.3 is 19.3 Å². The highest BCUT2D eigenvalue weighted by molar-refractivity contribution is 5.86. The molecule has 118 valence electrons. The molecule has 22 heavy (non-hydrogen) atoms. The molecule has 0 bridgehead atoms. The molecule has 1 aliphatic rings. The second-order valence-corrected chi connectivity index (χ2v) is 5.10. The van der Waals surface area contributed by atoms with E-state index in [0.717, 1.165) is 5.69 Å². The van der Waals surface area contributed by atoms with Crippen LogP contribution in [0.1, 0.15) is 12.8 Å². The highest BCUT2D eigenvalue weighted by Gasteiger charge is 2.32. The number of esters is 1. The van der Waals surface area contributed by atoms with Crippen LogP contribution in [0.3, 0.4) is 0 Å². The Hall–Kier alpha value is -2.37. The Morgan fingerprint density at radius 2 is 2.00 bits per heavy atom. The third kappa shape index (κ3) is 3.63. The molecule has 1 amide bonds. The second kappa shape index (κ2) is 7.59. The number of benzene rings is 1. The van der Waals surface area contributed by atoms with Crippen LogP contribution in [0.2, 0.25) is 0 Å². The molecule has 0 aliphatic carbocycles. The molecule has 0 spiro atoms. The molecule has 1 unspecified atom stereocenters. The number of nitrogens with zero attached hydrogens (tertiary/aromatic N) is 2. The minimum atomic E-state index is -0.828. The summed E-state index contributed by atoms with van der Waals surface area (Å²) in [5, 5.41) is 0. The molecular weight excluding hydrogens is 284 g/mol. The first-order valence-corrected chi connectivity index (χ1v) is 7.28. The van der Waals surface area contributed by atoms with Crippen LogP contribution < -0.4 is 4.90 Å². The van der Waals surface area contributed by atoms with Crippen LogP contribution in [0, 0.1) is 0 Å². The maximum Gasteiger partial charge on any atom is 0.329 e. The van der Waals surface area contributed by atoms with Gasteiger partial charge >= 0.3 is 5.97 Å². The smallest absolute Gasteiger partial charge is 0.329 e. The summed E-state index contributed by atoms with van der Waals surface area (Å²) < 4.78 is 4.71. The van der Waals surface area contributed by atoms with Gasteiger partial charge in [-0.1, -0.05) is 18.2 Å². The van der Waals surface area contributed by atoms with Gasteiger partial charge in [0.2, 0.25) is 5.91 Å². The van der Waals surface area contributed by atoms with E-state index in [1.165, 1.54) is 12.0 Å². The van der Waals surface area contributed by atoms with Crippen LogP contribution in [0.5, 0.6) is 0 Å². The van der Waals surface area contributed by atoms with Crippen LogP contribution in [-0.2, 0) is 19.1 Å². The molecule has 1 aliphatic heterocycles. The van der Waals surface area contributed by atoms with Crippen molar-refractivity contribution in [2.75, 3.05) is 31.6 Å². The zero-order valence-corrected chi connectivity index (χ0v) is 12.6. The van der Waals surface area contributed by atoms with Gasteiger partial charge in [-0.2, -0.15) is 0 Å². The number of hydrogen-bond donors (Lipinski definition) is 0. The van der Waals surface area contributed by atoms with Gasteiger partial charge in [0.05, 0.1) is 7.11 Å². The standard InChI is InChI=1S/C16H20N2O4/c1-22-16(21)14(8-12-19)18-11-10-17(9-7-15(18)20)13-5-3-2-4-6-13/h2-6,12,14H,7-11H2,1H3. The molecule has 2 rings (SSSR count). The number of carbonyl (C=O) groups excluding carboxylic acids is 3. The minimum absolute atomic E-state index is 0.0379. The number of carbonyl (C=O) groups is 3. The Bertz CT molecular complexity index is 532. The fraction of sp³-hybridized carbons (Fsp3) is 0.438. The molecule has 6 nitrogen and oxygen atoms in total. The van der Waals surface area contributed by atoms with Gasteiger partial charge in [-0.25, -0.2) is 4.79 Å². The lowest BCUT2D eigenvalue weighted by Gasteiger charge is -2.28. The lowest BCUT2D eigenvalue weighted by molar-refractivity contribution is -0.153. The van der Waals surface area contributed by atoms with Crippen molar-refractivity contribution in [1.82, 2.24) is 4.90 Å². The van der Waals surface area contributed by atoms with E-state index in [1.54, 1.807) is 0 Å². The average Bonchev–Trinajstić information content (AvgIpc) is 2.75. The van der Waals surface area contributed by atoms with Gasteiger partial charge in [0.1, 0.15) is 12.3 Å². The van der Waals surface area contributed by atoms with Crippen LogP contribution in [0.15, 0.2) is 30.3 Å². The molecule has 0 aromatic heterocycles. The number of aldehydes is 1. The van der Waals surface area contributed by atoms with E-state index < -0.39 is 12.0 Å². The number of para-hydroxylation sites is 1. The largest absolute Gasteiger partial charge is 0.467 e. The van der Waals surface area contributed by atoms with Gasteiger partial charge in [-0.05, 0) is 12.1 Å². The number of methoxy groups -OCH3 is 1. The van der Waals surface area contributed by atoms with E-state index in [0.29, 0.717) is 32.3 Å². The van der Waals surface area contributed by atoms with E-state index in [-0.39, 0.29) is 12.3 Å². The summed E-state index contributed by atoms with van der Waals surface area (Å²) in [6.07, 6.45) is 0.916. The molecule has 1 aromatic rings. The number of hydrogen-bond acceptors (Lipinski definition) is 5. The van der Waals surface area contributed by atoms with Gasteiger partial charge in [-0.15, -0.1) is 0 Å². The lowest BCUT2D eigenvalue weighted by atomic mass is 10.1. The first kappa shape index (κ1) is 16.0. The minimum Gasteiger partial charge on any atom is -0.467 e. The van der Waals surface area contributed by atoms with Crippen molar-refractivity contribution in [3.8, 4) is 0 Å². The molecule has 1 saturated heterocycles. The number of amides is 1. The predicted molar refractivity (Wildman–Crippen MR) is 81.5 cm³/mol. The van der Waals surface area contributed by atoms with Crippen molar-refractivity contribution < 1.29 is 19.1 Å². The van der Waals surface area contributed by atoms with E-state index in [1.807, 2.05) is 30.3 Å². The third-order valence-corrected chi connectivity index (χ3v) is 3.82. The molecule has 1 atom stereocenters. The average molecular weight is 304 g/mol. The molecule has 1 aromatic carbocycles. The molecule has 6 heteroatoms. The Kier molecular flexibility index (Phi) is 5.52. The van der Waals surface area contributed by atoms with Crippen molar-refractivity contribution in [2.24, 2.45) is 0 Å². The molecule has 0 N–H and O–H groups in total. The Balaban J connectivity index is 2.13. The second-order valence-electron chi connectivity index (χ2n) is 5.10. The molecule has 1 heterocycles. The van der Waals surface area contributed by atoms with Crippen LogP contribution >= 0.6 is 0 Å². The Labute approximate surface area is 129 Å². The van der Waals surface area contributed by atoms with Gasteiger partial charge in [0.25, 0.3) is 0 Å². The highest BCUT2D eigenvalue weighted by atomic mass is 16.5. The van der Waals surface area contributed by atoms with Crippen molar-refractivity contribution in [3.05, 3.63) is 30.3 Å². The summed E-state index contributed by atoms with van der Waals surface area (Å²) in [4.78, 5) is 38.5. The number of rotatable bonds is 5. The van der Waals surface area contributed by atoms with Crippen molar-refractivity contribution >= 4 is 23.9 Å². The third-order valence-electron chi connectivity index (χ3n) is 3.82. The summed E-state index contributed by atoms with van der Waals surface area (Å²) >= 11 is 0. The SMILES string of the molecule is COC(=O)C(CC=O)N1CCN(c2ccccc2)CCC1=O. The quantitative estimate of drug-likeness (QED) is 0.596. The maximum atomic E-state index is 12.3. The number of ether oxygens (including phenoxy) is 1. The molecular formula is C16H20N2O4. The van der Waals surface area contributed by atoms with E-state index in [9.17, 15) is 14.4 Å². The normalized spacial score (nSPS) is 16.9. The molecule has 0 saturated carbocycles. The Morgan fingerprint density at radius 3 is 2.64 bits per heavy atom. The van der Waals surface area contributed by atoms with Crippen LogP contribution in [-0.4, -0.2) is 55.8 Å². The van der Waals surface area contributed by atoms with Crippen molar-refractivity contribution in [2.45, 2.75) is 18.9 Å².